The summed E-state index contributed by atoms with van der Waals surface area (Å²) in [6.07, 6.45) is 3.60. The Morgan fingerprint density at radius 1 is 1.07 bits per heavy atom. The van der Waals surface area contributed by atoms with Crippen molar-refractivity contribution < 1.29 is 24.2 Å². The summed E-state index contributed by atoms with van der Waals surface area (Å²) in [4.78, 5) is 36.2. The normalized spacial score (nSPS) is 26.5. The minimum absolute atomic E-state index is 0.0998. The van der Waals surface area contributed by atoms with Crippen LogP contribution in [0.2, 0.25) is 0 Å². The molecule has 2 amide bonds. The van der Waals surface area contributed by atoms with Crippen LogP contribution < -0.4 is 15.6 Å². The van der Waals surface area contributed by atoms with Crippen LogP contribution in [0.1, 0.15) is 24.5 Å². The maximum Gasteiger partial charge on any atom is 0.307 e. The Labute approximate surface area is 157 Å². The molecule has 0 heterocycles. The molecule has 5 atom stereocenters. The highest BCUT2D eigenvalue weighted by Crippen LogP contribution is 2.48. The Balaban J connectivity index is 1.55. The Morgan fingerprint density at radius 3 is 2.37 bits per heavy atom. The fraction of sp³-hybridized carbons (Fsp3) is 0.450. The van der Waals surface area contributed by atoms with Gasteiger partial charge in [-0.25, -0.2) is 0 Å². The fourth-order valence-corrected chi connectivity index (χ4v) is 3.87. The van der Waals surface area contributed by atoms with Crippen LogP contribution >= 0.6 is 0 Å². The smallest absolute Gasteiger partial charge is 0.307 e. The molecular weight excluding hydrogens is 348 g/mol. The van der Waals surface area contributed by atoms with E-state index in [1.807, 2.05) is 38.1 Å². The molecule has 144 valence electrons. The monoisotopic (exact) mass is 372 g/mol. The van der Waals surface area contributed by atoms with Gasteiger partial charge in [0.2, 0.25) is 5.91 Å². The highest BCUT2D eigenvalue weighted by molar-refractivity contribution is 5.89. The number of benzene rings is 1. The number of rotatable bonds is 5. The number of carbonyl (C=O) groups excluding carboxylic acids is 2. The maximum absolute atomic E-state index is 12.5. The number of aliphatic carboxylic acids is 1. The van der Waals surface area contributed by atoms with E-state index in [1.54, 1.807) is 13.0 Å². The number of carbonyl (C=O) groups is 3. The van der Waals surface area contributed by atoms with Crippen LogP contribution in [0.4, 0.5) is 0 Å². The first-order chi connectivity index (χ1) is 12.8. The second-order valence-electron chi connectivity index (χ2n) is 7.32. The number of amides is 2. The summed E-state index contributed by atoms with van der Waals surface area (Å²) < 4.78 is 5.61. The van der Waals surface area contributed by atoms with Crippen molar-refractivity contribution in [3.63, 3.8) is 0 Å². The van der Waals surface area contributed by atoms with Crippen LogP contribution in [-0.4, -0.2) is 29.0 Å². The molecule has 7 heteroatoms. The first kappa shape index (κ1) is 18.9. The van der Waals surface area contributed by atoms with E-state index in [0.717, 1.165) is 11.1 Å². The number of hydrazine groups is 1. The standard InChI is InChI=1S/C20H24N2O5/c1-10-4-7-15(8-11(10)2)27-12(3)18(23)21-22-19(24)16-13-5-6-14(9-13)17(16)20(25)26/h4-8,12-14,16-17H,9H2,1-3H3,(H,21,23)(H,22,24)(H,25,26)/t12-,13-,14+,16-,17+/m1/s1. The third-order valence-corrected chi connectivity index (χ3v) is 5.52. The number of hydrogen-bond acceptors (Lipinski definition) is 4. The summed E-state index contributed by atoms with van der Waals surface area (Å²) >= 11 is 0. The Kier molecular flexibility index (Phi) is 5.21. The molecule has 2 bridgehead atoms. The van der Waals surface area contributed by atoms with E-state index in [2.05, 4.69) is 10.9 Å². The molecule has 27 heavy (non-hydrogen) atoms. The number of carboxylic acids is 1. The van der Waals surface area contributed by atoms with E-state index >= 15 is 0 Å². The van der Waals surface area contributed by atoms with E-state index in [0.29, 0.717) is 12.2 Å². The molecule has 0 aromatic heterocycles. The van der Waals surface area contributed by atoms with Crippen molar-refractivity contribution in [3.8, 4) is 5.75 Å². The van der Waals surface area contributed by atoms with Gasteiger partial charge in [0.15, 0.2) is 6.10 Å². The van der Waals surface area contributed by atoms with Crippen molar-refractivity contribution in [3.05, 3.63) is 41.5 Å². The molecule has 2 aliphatic rings. The third-order valence-electron chi connectivity index (χ3n) is 5.52. The second-order valence-corrected chi connectivity index (χ2v) is 7.32. The van der Waals surface area contributed by atoms with E-state index in [4.69, 9.17) is 4.74 Å². The molecule has 0 aliphatic heterocycles. The van der Waals surface area contributed by atoms with E-state index in [1.165, 1.54) is 0 Å². The summed E-state index contributed by atoms with van der Waals surface area (Å²) in [7, 11) is 0. The largest absolute Gasteiger partial charge is 0.481 e. The van der Waals surface area contributed by atoms with Gasteiger partial charge in [-0.3, -0.25) is 25.2 Å². The van der Waals surface area contributed by atoms with Crippen molar-refractivity contribution in [2.24, 2.45) is 23.7 Å². The zero-order valence-electron chi connectivity index (χ0n) is 15.6. The number of nitrogens with one attached hydrogen (secondary N) is 2. The molecule has 2 aliphatic carbocycles. The summed E-state index contributed by atoms with van der Waals surface area (Å²) in [6, 6.07) is 5.53. The molecule has 0 radical (unpaired) electrons. The summed E-state index contributed by atoms with van der Waals surface area (Å²) in [5.41, 5.74) is 6.89. The van der Waals surface area contributed by atoms with Crippen LogP contribution in [0.15, 0.2) is 30.4 Å². The van der Waals surface area contributed by atoms with Gasteiger partial charge in [-0.05, 0) is 62.3 Å². The van der Waals surface area contributed by atoms with Crippen LogP contribution in [0.3, 0.4) is 0 Å². The van der Waals surface area contributed by atoms with Gasteiger partial charge in [0.1, 0.15) is 5.75 Å². The molecule has 1 fully saturated rings. The number of hydrogen-bond donors (Lipinski definition) is 3. The lowest BCUT2D eigenvalue weighted by Gasteiger charge is -2.24. The topological polar surface area (TPSA) is 105 Å². The van der Waals surface area contributed by atoms with Gasteiger partial charge in [-0.1, -0.05) is 18.2 Å². The average Bonchev–Trinajstić information content (AvgIpc) is 3.23. The lowest BCUT2D eigenvalue weighted by Crippen LogP contribution is -2.51. The first-order valence-corrected chi connectivity index (χ1v) is 9.02. The third kappa shape index (κ3) is 3.82. The quantitative estimate of drug-likeness (QED) is 0.539. The number of allylic oxidation sites excluding steroid dienone is 2. The highest BCUT2D eigenvalue weighted by atomic mass is 16.5. The Bertz CT molecular complexity index is 804. The molecule has 0 spiro atoms. The van der Waals surface area contributed by atoms with Crippen molar-refractivity contribution >= 4 is 17.8 Å². The number of carboxylic acid groups (broad SMARTS) is 1. The fourth-order valence-electron chi connectivity index (χ4n) is 3.87. The molecule has 0 saturated heterocycles. The molecule has 0 unspecified atom stereocenters. The number of fused-ring (bicyclic) bond motifs is 2. The molecule has 1 aromatic rings. The van der Waals surface area contributed by atoms with E-state index in [9.17, 15) is 19.5 Å². The van der Waals surface area contributed by atoms with Crippen molar-refractivity contribution in [1.29, 1.82) is 0 Å². The van der Waals surface area contributed by atoms with Gasteiger partial charge in [0.05, 0.1) is 11.8 Å². The Hall–Kier alpha value is -2.83. The van der Waals surface area contributed by atoms with E-state index in [-0.39, 0.29) is 11.8 Å². The minimum atomic E-state index is -0.982. The van der Waals surface area contributed by atoms with Gasteiger partial charge in [0.25, 0.3) is 5.91 Å². The minimum Gasteiger partial charge on any atom is -0.481 e. The molecular formula is C20H24N2O5. The van der Waals surface area contributed by atoms with Crippen LogP contribution in [0.5, 0.6) is 5.75 Å². The highest BCUT2D eigenvalue weighted by Gasteiger charge is 2.51. The van der Waals surface area contributed by atoms with Crippen LogP contribution in [-0.2, 0) is 14.4 Å². The Morgan fingerprint density at radius 2 is 1.74 bits per heavy atom. The van der Waals surface area contributed by atoms with Crippen LogP contribution in [0.25, 0.3) is 0 Å². The second kappa shape index (κ2) is 7.42. The predicted octanol–water partition coefficient (Wildman–Crippen LogP) is 1.74. The van der Waals surface area contributed by atoms with E-state index < -0.39 is 35.7 Å². The number of ether oxygens (including phenoxy) is 1. The van der Waals surface area contributed by atoms with Crippen LogP contribution in [0, 0.1) is 37.5 Å². The molecule has 7 nitrogen and oxygen atoms in total. The summed E-state index contributed by atoms with van der Waals surface area (Å²) in [6.45, 7) is 5.52. The summed E-state index contributed by atoms with van der Waals surface area (Å²) in [5, 5.41) is 9.41. The zero-order valence-corrected chi connectivity index (χ0v) is 15.6. The van der Waals surface area contributed by atoms with Gasteiger partial charge in [-0.15, -0.1) is 0 Å². The van der Waals surface area contributed by atoms with Crippen molar-refractivity contribution in [2.75, 3.05) is 0 Å². The predicted molar refractivity (Wildman–Crippen MR) is 97.6 cm³/mol. The van der Waals surface area contributed by atoms with Crippen molar-refractivity contribution in [2.45, 2.75) is 33.3 Å². The first-order valence-electron chi connectivity index (χ1n) is 9.02. The number of aryl methyl sites for hydroxylation is 2. The molecule has 3 rings (SSSR count). The van der Waals surface area contributed by atoms with Gasteiger partial charge < -0.3 is 9.84 Å². The lowest BCUT2D eigenvalue weighted by atomic mass is 9.82. The SMILES string of the molecule is Cc1ccc(O[C@H](C)C(=O)NNC(=O)[C@H]2[C@@H](C(=O)O)[C@H]3C=C[C@@H]2C3)cc1C. The van der Waals surface area contributed by atoms with Crippen molar-refractivity contribution in [1.82, 2.24) is 10.9 Å². The summed E-state index contributed by atoms with van der Waals surface area (Å²) in [5.74, 6) is -3.04. The van der Waals surface area contributed by atoms with Gasteiger partial charge in [0, 0.05) is 0 Å². The average molecular weight is 372 g/mol. The zero-order chi connectivity index (χ0) is 19.7. The molecule has 1 saturated carbocycles. The lowest BCUT2D eigenvalue weighted by molar-refractivity contribution is -0.148. The maximum atomic E-state index is 12.5. The molecule has 1 aromatic carbocycles. The van der Waals surface area contributed by atoms with Gasteiger partial charge in [-0.2, -0.15) is 0 Å². The molecule has 3 N–H and O–H groups in total. The van der Waals surface area contributed by atoms with Gasteiger partial charge >= 0.3 is 5.97 Å².